The molecule has 118 valence electrons. The van der Waals surface area contributed by atoms with Crippen LogP contribution in [0.15, 0.2) is 30.3 Å². The smallest absolute Gasteiger partial charge is 0.315 e. The maximum Gasteiger partial charge on any atom is 0.315 e. The lowest BCUT2D eigenvalue weighted by Gasteiger charge is -2.23. The van der Waals surface area contributed by atoms with Crippen molar-refractivity contribution in [1.29, 1.82) is 0 Å². The second kappa shape index (κ2) is 9.40. The summed E-state index contributed by atoms with van der Waals surface area (Å²) < 4.78 is 0. The number of aryl methyl sites for hydroxylation is 1. The largest absolute Gasteiger partial charge is 0.396 e. The number of carbonyl (C=O) groups is 1. The lowest BCUT2D eigenvalue weighted by atomic mass is 10.0. The van der Waals surface area contributed by atoms with Crippen LogP contribution < -0.4 is 10.6 Å². The molecule has 3 N–H and O–H groups in total. The van der Waals surface area contributed by atoms with Gasteiger partial charge in [-0.2, -0.15) is 0 Å². The first kappa shape index (κ1) is 17.5. The normalized spacial score (nSPS) is 13.8. The molecule has 1 aromatic carbocycles. The fourth-order valence-electron chi connectivity index (χ4n) is 2.25. The number of urea groups is 1. The summed E-state index contributed by atoms with van der Waals surface area (Å²) >= 11 is 0. The van der Waals surface area contributed by atoms with Crippen LogP contribution in [0.5, 0.6) is 0 Å². The summed E-state index contributed by atoms with van der Waals surface area (Å²) in [7, 11) is 0. The van der Waals surface area contributed by atoms with E-state index in [0.717, 1.165) is 12.8 Å². The number of benzene rings is 1. The van der Waals surface area contributed by atoms with Crippen molar-refractivity contribution in [3.05, 3.63) is 35.9 Å². The Hall–Kier alpha value is -1.55. The van der Waals surface area contributed by atoms with Crippen LogP contribution in [0.3, 0.4) is 0 Å². The summed E-state index contributed by atoms with van der Waals surface area (Å²) in [5, 5.41) is 14.9. The molecule has 0 saturated carbocycles. The monoisotopic (exact) mass is 292 g/mol. The molecule has 0 aromatic heterocycles. The molecule has 0 aliphatic heterocycles. The molecule has 4 heteroatoms. The minimum Gasteiger partial charge on any atom is -0.396 e. The van der Waals surface area contributed by atoms with Crippen LogP contribution in [0.1, 0.15) is 39.2 Å². The number of aliphatic hydroxyl groups excluding tert-OH is 1. The van der Waals surface area contributed by atoms with E-state index in [9.17, 15) is 4.79 Å². The number of hydrogen-bond acceptors (Lipinski definition) is 2. The number of carbonyl (C=O) groups excluding carboxylic acids is 1. The first-order valence-electron chi connectivity index (χ1n) is 7.74. The minimum absolute atomic E-state index is 0.0105. The van der Waals surface area contributed by atoms with Crippen molar-refractivity contribution < 1.29 is 9.90 Å². The average Bonchev–Trinajstić information content (AvgIpc) is 2.45. The van der Waals surface area contributed by atoms with E-state index in [4.69, 9.17) is 5.11 Å². The van der Waals surface area contributed by atoms with Crippen molar-refractivity contribution in [1.82, 2.24) is 10.6 Å². The van der Waals surface area contributed by atoms with E-state index in [-0.39, 0.29) is 24.7 Å². The van der Waals surface area contributed by atoms with E-state index in [1.807, 2.05) is 39.0 Å². The van der Waals surface area contributed by atoms with Crippen molar-refractivity contribution in [2.75, 3.05) is 6.61 Å². The Bertz CT molecular complexity index is 407. The Labute approximate surface area is 128 Å². The predicted octanol–water partition coefficient (Wildman–Crippen LogP) is 2.71. The van der Waals surface area contributed by atoms with Gasteiger partial charge in [0.2, 0.25) is 0 Å². The van der Waals surface area contributed by atoms with Crippen LogP contribution in [0.2, 0.25) is 0 Å². The van der Waals surface area contributed by atoms with Crippen molar-refractivity contribution in [3.8, 4) is 0 Å². The van der Waals surface area contributed by atoms with Crippen molar-refractivity contribution >= 4 is 6.03 Å². The second-order valence-electron chi connectivity index (χ2n) is 5.91. The van der Waals surface area contributed by atoms with E-state index >= 15 is 0 Å². The van der Waals surface area contributed by atoms with E-state index in [2.05, 4.69) is 22.8 Å². The van der Waals surface area contributed by atoms with Gasteiger partial charge in [-0.3, -0.25) is 0 Å². The average molecular weight is 292 g/mol. The van der Waals surface area contributed by atoms with Crippen molar-refractivity contribution in [2.45, 2.75) is 52.1 Å². The van der Waals surface area contributed by atoms with Crippen molar-refractivity contribution in [2.24, 2.45) is 5.92 Å². The lowest BCUT2D eigenvalue weighted by Crippen LogP contribution is -2.47. The first-order chi connectivity index (χ1) is 10.0. The SMILES string of the molecule is CC(CCc1ccccc1)NC(=O)NC(CCO)C(C)C. The number of aliphatic hydroxyl groups is 1. The zero-order valence-electron chi connectivity index (χ0n) is 13.3. The van der Waals surface area contributed by atoms with Gasteiger partial charge in [-0.15, -0.1) is 0 Å². The molecule has 0 heterocycles. The van der Waals surface area contributed by atoms with E-state index in [0.29, 0.717) is 12.3 Å². The highest BCUT2D eigenvalue weighted by molar-refractivity contribution is 5.74. The summed E-state index contributed by atoms with van der Waals surface area (Å²) in [5.74, 6) is 0.308. The summed E-state index contributed by atoms with van der Waals surface area (Å²) in [6.07, 6.45) is 2.44. The third-order valence-corrected chi connectivity index (χ3v) is 3.65. The fourth-order valence-corrected chi connectivity index (χ4v) is 2.25. The van der Waals surface area contributed by atoms with Crippen molar-refractivity contribution in [3.63, 3.8) is 0 Å². The summed E-state index contributed by atoms with van der Waals surface area (Å²) in [4.78, 5) is 12.0. The molecule has 0 spiro atoms. The van der Waals surface area contributed by atoms with E-state index < -0.39 is 0 Å². The molecule has 1 rings (SSSR count). The summed E-state index contributed by atoms with van der Waals surface area (Å²) in [5.41, 5.74) is 1.28. The maximum absolute atomic E-state index is 12.0. The fraction of sp³-hybridized carbons (Fsp3) is 0.588. The van der Waals surface area contributed by atoms with Crippen LogP contribution in [0.25, 0.3) is 0 Å². The quantitative estimate of drug-likeness (QED) is 0.690. The summed E-state index contributed by atoms with van der Waals surface area (Å²) in [6.45, 7) is 6.19. The third kappa shape index (κ3) is 7.14. The Morgan fingerprint density at radius 3 is 2.33 bits per heavy atom. The zero-order valence-corrected chi connectivity index (χ0v) is 13.3. The van der Waals surface area contributed by atoms with Gasteiger partial charge >= 0.3 is 6.03 Å². The topological polar surface area (TPSA) is 61.4 Å². The Morgan fingerprint density at radius 1 is 1.10 bits per heavy atom. The molecule has 0 aliphatic rings. The zero-order chi connectivity index (χ0) is 15.7. The Balaban J connectivity index is 2.32. The third-order valence-electron chi connectivity index (χ3n) is 3.65. The highest BCUT2D eigenvalue weighted by Crippen LogP contribution is 2.07. The molecule has 0 fully saturated rings. The molecule has 2 unspecified atom stereocenters. The minimum atomic E-state index is -0.150. The molecule has 0 saturated heterocycles. The van der Waals surface area contributed by atoms with Crippen LogP contribution in [0.4, 0.5) is 4.79 Å². The number of nitrogens with one attached hydrogen (secondary N) is 2. The predicted molar refractivity (Wildman–Crippen MR) is 86.2 cm³/mol. The first-order valence-corrected chi connectivity index (χ1v) is 7.74. The van der Waals surface area contributed by atoms with Crippen LogP contribution in [-0.2, 0) is 6.42 Å². The van der Waals surface area contributed by atoms with Gasteiger partial charge in [0.15, 0.2) is 0 Å². The molecule has 0 bridgehead atoms. The highest BCUT2D eigenvalue weighted by Gasteiger charge is 2.16. The van der Waals surface area contributed by atoms with Gasteiger partial charge in [0.05, 0.1) is 0 Å². The van der Waals surface area contributed by atoms with E-state index in [1.54, 1.807) is 0 Å². The second-order valence-corrected chi connectivity index (χ2v) is 5.91. The molecule has 0 radical (unpaired) electrons. The van der Waals surface area contributed by atoms with Gasteiger partial charge in [-0.1, -0.05) is 44.2 Å². The van der Waals surface area contributed by atoms with Gasteiger partial charge < -0.3 is 15.7 Å². The number of hydrogen-bond donors (Lipinski definition) is 3. The van der Waals surface area contributed by atoms with Gasteiger partial charge in [-0.05, 0) is 37.7 Å². The number of rotatable bonds is 8. The van der Waals surface area contributed by atoms with Crippen LogP contribution in [-0.4, -0.2) is 29.8 Å². The molecule has 1 aromatic rings. The van der Waals surface area contributed by atoms with Crippen LogP contribution >= 0.6 is 0 Å². The van der Waals surface area contributed by atoms with Gasteiger partial charge in [0.25, 0.3) is 0 Å². The summed E-state index contributed by atoms with van der Waals surface area (Å²) in [6, 6.07) is 10.2. The molecule has 4 nitrogen and oxygen atoms in total. The Kier molecular flexibility index (Phi) is 7.83. The van der Waals surface area contributed by atoms with Gasteiger partial charge in [0.1, 0.15) is 0 Å². The van der Waals surface area contributed by atoms with Gasteiger partial charge in [-0.25, -0.2) is 4.79 Å². The van der Waals surface area contributed by atoms with E-state index in [1.165, 1.54) is 5.56 Å². The molecule has 2 amide bonds. The standard InChI is InChI=1S/C17H28N2O2/c1-13(2)16(11-12-20)19-17(21)18-14(3)9-10-15-7-5-4-6-8-15/h4-8,13-14,16,20H,9-12H2,1-3H3,(H2,18,19,21). The highest BCUT2D eigenvalue weighted by atomic mass is 16.3. The lowest BCUT2D eigenvalue weighted by molar-refractivity contribution is 0.216. The maximum atomic E-state index is 12.0. The molecule has 0 aliphatic carbocycles. The molecular weight excluding hydrogens is 264 g/mol. The van der Waals surface area contributed by atoms with Gasteiger partial charge in [0, 0.05) is 18.7 Å². The molecule has 2 atom stereocenters. The van der Waals surface area contributed by atoms with Crippen LogP contribution in [0, 0.1) is 5.92 Å². The molecular formula is C17H28N2O2. The molecule has 21 heavy (non-hydrogen) atoms. The number of amides is 2. The Morgan fingerprint density at radius 2 is 1.76 bits per heavy atom.